The third kappa shape index (κ3) is 7.96. The quantitative estimate of drug-likeness (QED) is 0.154. The molecule has 4 aliphatic heterocycles. The Morgan fingerprint density at radius 2 is 0.622 bits per heavy atom. The van der Waals surface area contributed by atoms with Gasteiger partial charge in [-0.05, 0) is 84.9 Å². The molecule has 0 atom stereocenters. The first-order valence-corrected chi connectivity index (χ1v) is 20.7. The van der Waals surface area contributed by atoms with Gasteiger partial charge in [0.1, 0.15) is 24.3 Å². The zero-order valence-electron chi connectivity index (χ0n) is 36.2. The summed E-state index contributed by atoms with van der Waals surface area (Å²) in [5.41, 5.74) is -8.87. The third-order valence-corrected chi connectivity index (χ3v) is 11.3. The molecule has 0 fully saturated rings. The molecule has 4 aliphatic rings. The Balaban J connectivity index is 1.30. The highest BCUT2D eigenvalue weighted by Crippen LogP contribution is 2.49. The van der Waals surface area contributed by atoms with Crippen molar-refractivity contribution in [3.63, 3.8) is 0 Å². The number of nitrogens with zero attached hydrogens (tertiary/aromatic N) is 14. The van der Waals surface area contributed by atoms with Gasteiger partial charge in [0.25, 0.3) is 0 Å². The first kappa shape index (κ1) is 47.6. The predicted octanol–water partition coefficient (Wildman–Crippen LogP) is 12.1. The van der Waals surface area contributed by atoms with E-state index in [9.17, 15) is 73.7 Å². The van der Waals surface area contributed by atoms with Crippen LogP contribution in [0.25, 0.3) is 0 Å². The predicted molar refractivity (Wildman–Crippen MR) is 238 cm³/mol. The van der Waals surface area contributed by atoms with E-state index in [1.54, 1.807) is 24.3 Å². The summed E-state index contributed by atoms with van der Waals surface area (Å²) < 4.78 is 172. The number of amidine groups is 4. The van der Waals surface area contributed by atoms with E-state index in [2.05, 4.69) is 29.9 Å². The second kappa shape index (κ2) is 16.8. The SMILES string of the molecule is N#Cc1cc2c(nc1C#N)N(c1cccc(C(F)(F)F)c1)C1=N/C(=C3/N=C4C(=N3)N(c3cccc(C(F)(F)F)c3)c3nc(C#N)c(C#N)cc3N4c3cccc(C(F)(F)F)c3)N=C1N2c1cccc(C(F)(F)F)c1. The average molecular weight is 1020 g/mol. The molecule has 6 aromatic rings. The number of halogens is 12. The number of benzene rings is 4. The second-order valence-electron chi connectivity index (χ2n) is 15.8. The third-order valence-electron chi connectivity index (χ3n) is 11.3. The highest BCUT2D eigenvalue weighted by molar-refractivity contribution is 6.57. The maximum atomic E-state index is 14.3. The first-order valence-electron chi connectivity index (χ1n) is 20.7. The molecule has 0 radical (unpaired) electrons. The fourth-order valence-electron chi connectivity index (χ4n) is 8.16. The lowest BCUT2D eigenvalue weighted by Crippen LogP contribution is -2.46. The minimum absolute atomic E-state index is 0.312. The number of fused-ring (bicyclic) bond motifs is 4. The number of nitriles is 4. The van der Waals surface area contributed by atoms with Crippen molar-refractivity contribution in [3.8, 4) is 24.3 Å². The normalized spacial score (nSPS) is 16.1. The van der Waals surface area contributed by atoms with Gasteiger partial charge in [0.2, 0.25) is 11.6 Å². The molecular weight excluding hydrogens is 1000 g/mol. The monoisotopic (exact) mass is 1020 g/mol. The molecule has 14 nitrogen and oxygen atoms in total. The van der Waals surface area contributed by atoms with Gasteiger partial charge in [-0.1, -0.05) is 24.3 Å². The van der Waals surface area contributed by atoms with E-state index >= 15 is 0 Å². The molecule has 364 valence electrons. The van der Waals surface area contributed by atoms with E-state index in [4.69, 9.17) is 0 Å². The Kier molecular flexibility index (Phi) is 10.8. The molecule has 0 spiro atoms. The minimum atomic E-state index is -4.96. The molecule has 10 rings (SSSR count). The van der Waals surface area contributed by atoms with Crippen molar-refractivity contribution in [3.05, 3.63) is 166 Å². The van der Waals surface area contributed by atoms with Crippen LogP contribution in [0.1, 0.15) is 44.8 Å². The molecule has 0 N–H and O–H groups in total. The molecule has 26 heteroatoms. The lowest BCUT2D eigenvalue weighted by molar-refractivity contribution is -0.138. The summed E-state index contributed by atoms with van der Waals surface area (Å²) in [6, 6.07) is 23.3. The molecule has 74 heavy (non-hydrogen) atoms. The summed E-state index contributed by atoms with van der Waals surface area (Å²) in [5.74, 6) is -4.09. The van der Waals surface area contributed by atoms with E-state index in [-0.39, 0.29) is 34.1 Å². The van der Waals surface area contributed by atoms with Gasteiger partial charge >= 0.3 is 24.7 Å². The van der Waals surface area contributed by atoms with Gasteiger partial charge in [-0.15, -0.1) is 0 Å². The average Bonchev–Trinajstić information content (AvgIpc) is 4.01. The van der Waals surface area contributed by atoms with Gasteiger partial charge in [0, 0.05) is 22.7 Å². The van der Waals surface area contributed by atoms with Crippen LogP contribution in [0.2, 0.25) is 0 Å². The van der Waals surface area contributed by atoms with Crippen molar-refractivity contribution in [2.45, 2.75) is 24.7 Å². The zero-order chi connectivity index (χ0) is 52.8. The van der Waals surface area contributed by atoms with Gasteiger partial charge in [0.05, 0.1) is 44.8 Å². The van der Waals surface area contributed by atoms with Crippen LogP contribution in [0.5, 0.6) is 0 Å². The molecule has 0 saturated heterocycles. The van der Waals surface area contributed by atoms with E-state index < -0.39 is 116 Å². The molecule has 0 unspecified atom stereocenters. The lowest BCUT2D eigenvalue weighted by Gasteiger charge is -2.38. The molecule has 0 saturated carbocycles. The molecule has 2 aromatic heterocycles. The van der Waals surface area contributed by atoms with Gasteiger partial charge in [0.15, 0.2) is 46.4 Å². The van der Waals surface area contributed by atoms with Gasteiger partial charge in [-0.25, -0.2) is 29.9 Å². The minimum Gasteiger partial charge on any atom is -0.288 e. The van der Waals surface area contributed by atoms with Gasteiger partial charge in [-0.3, -0.25) is 19.6 Å². The van der Waals surface area contributed by atoms with E-state index in [0.29, 0.717) is 24.3 Å². The fourth-order valence-corrected chi connectivity index (χ4v) is 8.16. The van der Waals surface area contributed by atoms with Crippen LogP contribution in [0.4, 0.5) is 98.4 Å². The maximum absolute atomic E-state index is 14.3. The van der Waals surface area contributed by atoms with Crippen LogP contribution in [0.15, 0.2) is 141 Å². The number of hydrogen-bond acceptors (Lipinski definition) is 14. The number of rotatable bonds is 4. The topological polar surface area (TPSA) is 183 Å². The van der Waals surface area contributed by atoms with Crippen molar-refractivity contribution in [1.82, 2.24) is 9.97 Å². The maximum Gasteiger partial charge on any atom is 0.416 e. The molecule has 0 amide bonds. The van der Waals surface area contributed by atoms with Crippen molar-refractivity contribution >= 4 is 69.1 Å². The van der Waals surface area contributed by atoms with Crippen molar-refractivity contribution in [2.75, 3.05) is 19.6 Å². The van der Waals surface area contributed by atoms with E-state index in [0.717, 1.165) is 92.4 Å². The Labute approximate surface area is 406 Å². The zero-order valence-corrected chi connectivity index (χ0v) is 36.2. The number of anilines is 8. The Morgan fingerprint density at radius 1 is 0.351 bits per heavy atom. The van der Waals surface area contributed by atoms with E-state index in [1.807, 2.05) is 0 Å². The van der Waals surface area contributed by atoms with Crippen molar-refractivity contribution in [2.24, 2.45) is 20.0 Å². The molecule has 0 aliphatic carbocycles. The van der Waals surface area contributed by atoms with Crippen LogP contribution in [0.3, 0.4) is 0 Å². The summed E-state index contributed by atoms with van der Waals surface area (Å²) >= 11 is 0. The highest BCUT2D eigenvalue weighted by atomic mass is 19.4. The number of alkyl halides is 12. The lowest BCUT2D eigenvalue weighted by atomic mass is 10.1. The highest BCUT2D eigenvalue weighted by Gasteiger charge is 2.46. The van der Waals surface area contributed by atoms with Gasteiger partial charge in [-0.2, -0.15) is 73.7 Å². The van der Waals surface area contributed by atoms with Crippen molar-refractivity contribution < 1.29 is 52.7 Å². The molecular formula is C48H18F12N14. The summed E-state index contributed by atoms with van der Waals surface area (Å²) in [6.45, 7) is 0. The number of pyridine rings is 2. The summed E-state index contributed by atoms with van der Waals surface area (Å²) in [6.07, 6.45) is -19.8. The van der Waals surface area contributed by atoms with Gasteiger partial charge < -0.3 is 0 Å². The first-order chi connectivity index (χ1) is 35.0. The molecule has 0 bridgehead atoms. The second-order valence-corrected chi connectivity index (χ2v) is 15.8. The summed E-state index contributed by atoms with van der Waals surface area (Å²) in [7, 11) is 0. The van der Waals surface area contributed by atoms with Crippen LogP contribution >= 0.6 is 0 Å². The number of aromatic nitrogens is 2. The van der Waals surface area contributed by atoms with Crippen molar-refractivity contribution in [1.29, 1.82) is 21.0 Å². The largest absolute Gasteiger partial charge is 0.416 e. The summed E-state index contributed by atoms with van der Waals surface area (Å²) in [4.78, 5) is 30.8. The standard InChI is InChI=1S/C48H18F12N14/c49-45(50,51)25-5-1-9-29(15-25)71-35-13-23(19-61)33(21-63)65-39(35)73(31-11-3-7-27(17-31)47(55,56)57)43-41(71)67-37(69-43)38-68-42-44(70-38)74(32-12-4-8-28(18-32)48(58,59)60)40-36(14-24(20-62)34(22-64)66-40)72(42)30-10-2-6-26(16-30)46(52,53)54/h1-18H/b38-37-. The Bertz CT molecular complexity index is 3300. The van der Waals surface area contributed by atoms with Crippen LogP contribution in [-0.2, 0) is 24.7 Å². The molecule has 6 heterocycles. The smallest absolute Gasteiger partial charge is 0.288 e. The number of aliphatic imine (C=N–C) groups is 4. The molecule has 4 aromatic carbocycles. The Hall–Kier alpha value is -10.1. The van der Waals surface area contributed by atoms with Crippen LogP contribution in [-0.4, -0.2) is 33.3 Å². The Morgan fingerprint density at radius 3 is 0.878 bits per heavy atom. The van der Waals surface area contributed by atoms with E-state index in [1.165, 1.54) is 12.1 Å². The number of hydrogen-bond donors (Lipinski definition) is 0. The van der Waals surface area contributed by atoms with Crippen LogP contribution in [0, 0.1) is 45.3 Å². The summed E-state index contributed by atoms with van der Waals surface area (Å²) in [5, 5.41) is 40.3. The fraction of sp³-hybridized carbons (Fsp3) is 0.0833. The van der Waals surface area contributed by atoms with Crippen LogP contribution < -0.4 is 19.6 Å².